The number of piperidine rings is 1. The van der Waals surface area contributed by atoms with Crippen LogP contribution >= 0.6 is 0 Å². The van der Waals surface area contributed by atoms with E-state index in [1.54, 1.807) is 12.1 Å². The average Bonchev–Trinajstić information content (AvgIpc) is 3.15. The van der Waals surface area contributed by atoms with Gasteiger partial charge in [0.05, 0.1) is 41.0 Å². The van der Waals surface area contributed by atoms with Crippen LogP contribution < -0.4 is 10.6 Å². The van der Waals surface area contributed by atoms with E-state index in [1.807, 2.05) is 11.9 Å². The summed E-state index contributed by atoms with van der Waals surface area (Å²) >= 11 is 0. The normalized spacial score (nSPS) is 18.7. The maximum atomic E-state index is 14.6. The molecule has 2 N–H and O–H groups in total. The van der Waals surface area contributed by atoms with Crippen molar-refractivity contribution >= 4 is 26.9 Å². The molecule has 204 valence electrons. The Morgan fingerprint density at radius 2 is 1.97 bits per heavy atom. The van der Waals surface area contributed by atoms with Crippen LogP contribution in [0.3, 0.4) is 0 Å². The number of imidazole rings is 1. The van der Waals surface area contributed by atoms with Crippen molar-refractivity contribution in [2.24, 2.45) is 0 Å². The Bertz CT molecular complexity index is 1490. The number of benzene rings is 1. The highest BCUT2D eigenvalue weighted by Crippen LogP contribution is 2.28. The second-order valence-electron chi connectivity index (χ2n) is 9.20. The van der Waals surface area contributed by atoms with Crippen LogP contribution in [-0.2, 0) is 16.3 Å². The Kier molecular flexibility index (Phi) is 7.85. The van der Waals surface area contributed by atoms with Gasteiger partial charge in [-0.05, 0) is 49.7 Å². The Labute approximate surface area is 217 Å². The second kappa shape index (κ2) is 10.8. The molecular formula is C25H26F5N5O2S. The quantitative estimate of drug-likeness (QED) is 0.355. The van der Waals surface area contributed by atoms with Gasteiger partial charge in [-0.15, -0.1) is 0 Å². The molecule has 1 saturated heterocycles. The average molecular weight is 556 g/mol. The lowest BCUT2D eigenvalue weighted by Crippen LogP contribution is -2.46. The summed E-state index contributed by atoms with van der Waals surface area (Å²) in [5.41, 5.74) is 0.298. The van der Waals surface area contributed by atoms with Crippen molar-refractivity contribution < 1.29 is 30.4 Å². The fraction of sp³-hybridized carbons (Fsp3) is 0.400. The molecule has 0 bridgehead atoms. The predicted molar refractivity (Wildman–Crippen MR) is 134 cm³/mol. The first-order valence-electron chi connectivity index (χ1n) is 11.7. The summed E-state index contributed by atoms with van der Waals surface area (Å²) in [5.74, 6) is 4.46. The van der Waals surface area contributed by atoms with Gasteiger partial charge >= 0.3 is 6.18 Å². The molecule has 0 saturated carbocycles. The molecule has 7 nitrogen and oxygen atoms in total. The van der Waals surface area contributed by atoms with Gasteiger partial charge in [-0.1, -0.05) is 5.92 Å². The van der Waals surface area contributed by atoms with E-state index in [2.05, 4.69) is 27.5 Å². The van der Waals surface area contributed by atoms with E-state index in [0.29, 0.717) is 18.7 Å². The van der Waals surface area contributed by atoms with Crippen molar-refractivity contribution in [3.8, 4) is 11.8 Å². The molecule has 0 unspecified atom stereocenters. The molecule has 13 heteroatoms. The third-order valence-electron chi connectivity index (χ3n) is 6.14. The van der Waals surface area contributed by atoms with Gasteiger partial charge in [0.2, 0.25) is 0 Å². The van der Waals surface area contributed by atoms with Crippen LogP contribution in [0.1, 0.15) is 17.8 Å². The van der Waals surface area contributed by atoms with Crippen molar-refractivity contribution in [1.29, 1.82) is 0 Å². The number of nitrogens with zero attached hydrogens (tertiary/aromatic N) is 3. The SMILES string of the molecule is CN1CC[C@@H](Nc2cccn3c(CC(F)(F)F)c(C#CCNc4ccc(S(C)(=O)=O)cc4F)nc23)[C@@H](F)C1. The van der Waals surface area contributed by atoms with Gasteiger partial charge in [0.25, 0.3) is 0 Å². The van der Waals surface area contributed by atoms with Gasteiger partial charge in [-0.2, -0.15) is 13.2 Å². The third kappa shape index (κ3) is 6.54. The van der Waals surface area contributed by atoms with Gasteiger partial charge in [0.15, 0.2) is 15.5 Å². The van der Waals surface area contributed by atoms with Crippen molar-refractivity contribution in [2.75, 3.05) is 43.6 Å². The molecule has 3 aromatic rings. The second-order valence-corrected chi connectivity index (χ2v) is 11.2. The van der Waals surface area contributed by atoms with Crippen LogP contribution in [0.5, 0.6) is 0 Å². The molecule has 1 aliphatic rings. The number of anilines is 2. The maximum absolute atomic E-state index is 14.6. The Morgan fingerprint density at radius 1 is 1.21 bits per heavy atom. The zero-order chi connectivity index (χ0) is 27.7. The summed E-state index contributed by atoms with van der Waals surface area (Å²) in [6, 6.07) is 6.02. The monoisotopic (exact) mass is 555 g/mol. The van der Waals surface area contributed by atoms with Gasteiger partial charge in [-0.25, -0.2) is 22.2 Å². The maximum Gasteiger partial charge on any atom is 0.394 e. The van der Waals surface area contributed by atoms with Gasteiger partial charge in [0.1, 0.15) is 17.7 Å². The number of alkyl halides is 4. The molecule has 1 fully saturated rings. The molecule has 0 amide bonds. The van der Waals surface area contributed by atoms with Gasteiger partial charge in [-0.3, -0.25) is 0 Å². The molecule has 2 aromatic heterocycles. The van der Waals surface area contributed by atoms with Gasteiger partial charge in [0, 0.05) is 25.5 Å². The molecule has 1 aliphatic heterocycles. The predicted octanol–water partition coefficient (Wildman–Crippen LogP) is 3.90. The fourth-order valence-electron chi connectivity index (χ4n) is 4.24. The first-order chi connectivity index (χ1) is 17.8. The molecule has 1 aromatic carbocycles. The Morgan fingerprint density at radius 3 is 2.63 bits per heavy atom. The minimum atomic E-state index is -4.53. The van der Waals surface area contributed by atoms with Crippen LogP contribution in [-0.4, -0.2) is 74.0 Å². The number of fused-ring (bicyclic) bond motifs is 1. The number of aromatic nitrogens is 2. The lowest BCUT2D eigenvalue weighted by molar-refractivity contribution is -0.128. The number of nitrogens with one attached hydrogen (secondary N) is 2. The summed E-state index contributed by atoms with van der Waals surface area (Å²) in [5, 5.41) is 5.78. The van der Waals surface area contributed by atoms with Crippen LogP contribution in [0.4, 0.5) is 33.3 Å². The minimum Gasteiger partial charge on any atom is -0.376 e. The van der Waals surface area contributed by atoms with E-state index in [1.165, 1.54) is 22.7 Å². The van der Waals surface area contributed by atoms with Crippen LogP contribution in [0.25, 0.3) is 5.65 Å². The number of pyridine rings is 1. The van der Waals surface area contributed by atoms with Crippen LogP contribution in [0, 0.1) is 17.7 Å². The smallest absolute Gasteiger partial charge is 0.376 e. The topological polar surface area (TPSA) is 78.7 Å². The number of rotatable bonds is 6. The van der Waals surface area contributed by atoms with Crippen molar-refractivity contribution in [3.05, 3.63) is 53.7 Å². The highest BCUT2D eigenvalue weighted by Gasteiger charge is 2.32. The minimum absolute atomic E-state index is 0.0115. The summed E-state index contributed by atoms with van der Waals surface area (Å²) < 4.78 is 93.5. The van der Waals surface area contributed by atoms with Crippen molar-refractivity contribution in [1.82, 2.24) is 14.3 Å². The molecule has 3 heterocycles. The summed E-state index contributed by atoms with van der Waals surface area (Å²) in [6.45, 7) is 0.783. The molecule has 0 radical (unpaired) electrons. The molecule has 0 spiro atoms. The standard InChI is InChI=1S/C25H26F5N5O2S/c1-34-12-9-20(18(27)15-34)32-22-6-4-11-35-23(14-25(28,29)30)21(33-24(22)35)5-3-10-31-19-8-7-16(13-17(19)26)38(2,36)37/h4,6-8,11,13,18,20,31-32H,9-10,12,14-15H2,1-2H3/t18-,20+/m0/s1. The summed E-state index contributed by atoms with van der Waals surface area (Å²) in [6.07, 6.45) is -4.05. The lowest BCUT2D eigenvalue weighted by atomic mass is 10.0. The zero-order valence-electron chi connectivity index (χ0n) is 20.6. The molecule has 2 atom stereocenters. The van der Waals surface area contributed by atoms with E-state index in [0.717, 1.165) is 12.3 Å². The van der Waals surface area contributed by atoms with Crippen molar-refractivity contribution in [2.45, 2.75) is 36.1 Å². The van der Waals surface area contributed by atoms with Crippen molar-refractivity contribution in [3.63, 3.8) is 0 Å². The van der Waals surface area contributed by atoms with Crippen LogP contribution in [0.2, 0.25) is 0 Å². The Hall–Kier alpha value is -3.37. The molecule has 0 aliphatic carbocycles. The summed E-state index contributed by atoms with van der Waals surface area (Å²) in [4.78, 5) is 6.01. The van der Waals surface area contributed by atoms with E-state index >= 15 is 0 Å². The van der Waals surface area contributed by atoms with E-state index in [-0.39, 0.29) is 40.7 Å². The number of sulfone groups is 1. The van der Waals surface area contributed by atoms with E-state index in [9.17, 15) is 30.4 Å². The lowest BCUT2D eigenvalue weighted by Gasteiger charge is -2.33. The fourth-order valence-corrected chi connectivity index (χ4v) is 4.88. The van der Waals surface area contributed by atoms with E-state index in [4.69, 9.17) is 0 Å². The molecule has 38 heavy (non-hydrogen) atoms. The Balaban J connectivity index is 1.60. The number of halogens is 5. The molecule has 4 rings (SSSR count). The highest BCUT2D eigenvalue weighted by molar-refractivity contribution is 7.90. The highest BCUT2D eigenvalue weighted by atomic mass is 32.2. The van der Waals surface area contributed by atoms with Gasteiger partial charge < -0.3 is 19.9 Å². The first-order valence-corrected chi connectivity index (χ1v) is 13.6. The van der Waals surface area contributed by atoms with Crippen LogP contribution in [0.15, 0.2) is 41.4 Å². The number of likely N-dealkylation sites (tertiary alicyclic amines) is 1. The number of hydrogen-bond acceptors (Lipinski definition) is 6. The summed E-state index contributed by atoms with van der Waals surface area (Å²) in [7, 11) is -1.76. The first kappa shape index (κ1) is 27.7. The number of hydrogen-bond donors (Lipinski definition) is 2. The third-order valence-corrected chi connectivity index (χ3v) is 7.26. The van der Waals surface area contributed by atoms with E-state index < -0.39 is 40.5 Å². The largest absolute Gasteiger partial charge is 0.394 e. The molecular weight excluding hydrogens is 529 g/mol. The zero-order valence-corrected chi connectivity index (χ0v) is 21.4.